The fraction of sp³-hybridized carbons (Fsp3) is 0.348. The van der Waals surface area contributed by atoms with Crippen molar-refractivity contribution in [3.63, 3.8) is 0 Å². The second-order valence-electron chi connectivity index (χ2n) is 8.01. The summed E-state index contributed by atoms with van der Waals surface area (Å²) in [5.74, 6) is -0.127. The molecule has 0 aliphatic carbocycles. The van der Waals surface area contributed by atoms with E-state index in [1.807, 2.05) is 6.20 Å². The summed E-state index contributed by atoms with van der Waals surface area (Å²) in [4.78, 5) is 23.6. The summed E-state index contributed by atoms with van der Waals surface area (Å²) in [6.07, 6.45) is 6.65. The number of aryl methyl sites for hydroxylation is 3. The van der Waals surface area contributed by atoms with Crippen LogP contribution < -0.4 is 16.0 Å². The van der Waals surface area contributed by atoms with Gasteiger partial charge < -0.3 is 20.4 Å². The van der Waals surface area contributed by atoms with E-state index < -0.39 is 0 Å². The van der Waals surface area contributed by atoms with E-state index in [-0.39, 0.29) is 17.7 Å². The van der Waals surface area contributed by atoms with Gasteiger partial charge in [-0.3, -0.25) is 9.78 Å². The van der Waals surface area contributed by atoms with E-state index in [2.05, 4.69) is 52.2 Å². The number of hydrogen-bond acceptors (Lipinski definition) is 6. The minimum absolute atomic E-state index is 0.207. The molecule has 0 bridgehead atoms. The molecule has 0 atom stereocenters. The number of aromatic nitrogens is 2. The second-order valence-corrected chi connectivity index (χ2v) is 8.01. The molecule has 0 unspecified atom stereocenters. The topological polar surface area (TPSA) is 97.3 Å². The van der Waals surface area contributed by atoms with Crippen LogP contribution in [0, 0.1) is 20.8 Å². The number of benzene rings is 1. The van der Waals surface area contributed by atoms with Gasteiger partial charge in [-0.05, 0) is 39.2 Å². The Hall–Kier alpha value is -3.19. The highest BCUT2D eigenvalue weighted by Crippen LogP contribution is 2.38. The molecule has 7 nitrogen and oxygen atoms in total. The van der Waals surface area contributed by atoms with Gasteiger partial charge in [0.15, 0.2) is 6.39 Å². The number of piperidine rings is 1. The fourth-order valence-corrected chi connectivity index (χ4v) is 4.05. The lowest BCUT2D eigenvalue weighted by molar-refractivity contribution is 0.0996. The third-order valence-electron chi connectivity index (χ3n) is 5.51. The number of nitrogens with two attached hydrogens (primary N) is 1. The van der Waals surface area contributed by atoms with Gasteiger partial charge in [-0.2, -0.15) is 0 Å². The van der Waals surface area contributed by atoms with Gasteiger partial charge in [-0.1, -0.05) is 29.3 Å². The lowest BCUT2D eigenvalue weighted by Gasteiger charge is -2.34. The SMILES string of the molecule is Cc1cc(C)cc(-c2cncc(NC(=O)c3ocnc3C)c2N2CCC(N)CC2)c1. The molecule has 156 valence electrons. The summed E-state index contributed by atoms with van der Waals surface area (Å²) in [5, 5.41) is 2.99. The van der Waals surface area contributed by atoms with Crippen LogP contribution in [0.3, 0.4) is 0 Å². The van der Waals surface area contributed by atoms with E-state index in [4.69, 9.17) is 10.2 Å². The van der Waals surface area contributed by atoms with Crippen molar-refractivity contribution in [2.24, 2.45) is 5.73 Å². The highest BCUT2D eigenvalue weighted by atomic mass is 16.3. The Kier molecular flexibility index (Phi) is 5.55. The minimum Gasteiger partial charge on any atom is -0.438 e. The van der Waals surface area contributed by atoms with Gasteiger partial charge >= 0.3 is 0 Å². The maximum atomic E-state index is 12.8. The van der Waals surface area contributed by atoms with E-state index in [0.29, 0.717) is 11.4 Å². The lowest BCUT2D eigenvalue weighted by Crippen LogP contribution is -2.40. The molecule has 1 saturated heterocycles. The molecule has 1 aromatic carbocycles. The zero-order valence-electron chi connectivity index (χ0n) is 17.6. The van der Waals surface area contributed by atoms with Crippen LogP contribution in [0.25, 0.3) is 11.1 Å². The van der Waals surface area contributed by atoms with Gasteiger partial charge in [0.2, 0.25) is 5.76 Å². The monoisotopic (exact) mass is 405 g/mol. The minimum atomic E-state index is -0.334. The molecule has 30 heavy (non-hydrogen) atoms. The van der Waals surface area contributed by atoms with Crippen LogP contribution in [0.5, 0.6) is 0 Å². The van der Waals surface area contributed by atoms with Crippen molar-refractivity contribution in [1.82, 2.24) is 9.97 Å². The van der Waals surface area contributed by atoms with Crippen LogP contribution in [0.4, 0.5) is 11.4 Å². The molecule has 3 aromatic rings. The first-order chi connectivity index (χ1) is 14.4. The molecule has 1 fully saturated rings. The molecule has 0 spiro atoms. The Labute approximate surface area is 176 Å². The first kappa shape index (κ1) is 20.1. The van der Waals surface area contributed by atoms with E-state index >= 15 is 0 Å². The number of nitrogens with zero attached hydrogens (tertiary/aromatic N) is 3. The molecule has 1 aliphatic heterocycles. The van der Waals surface area contributed by atoms with Crippen molar-refractivity contribution in [3.05, 3.63) is 59.6 Å². The van der Waals surface area contributed by atoms with Crippen molar-refractivity contribution in [1.29, 1.82) is 0 Å². The van der Waals surface area contributed by atoms with E-state index in [1.54, 1.807) is 13.1 Å². The van der Waals surface area contributed by atoms with Gasteiger partial charge in [-0.15, -0.1) is 0 Å². The van der Waals surface area contributed by atoms with Crippen LogP contribution in [0.2, 0.25) is 0 Å². The number of anilines is 2. The Balaban J connectivity index is 1.79. The lowest BCUT2D eigenvalue weighted by atomic mass is 9.98. The summed E-state index contributed by atoms with van der Waals surface area (Å²) >= 11 is 0. The molecule has 3 heterocycles. The largest absolute Gasteiger partial charge is 0.438 e. The number of carbonyl (C=O) groups is 1. The highest BCUT2D eigenvalue weighted by Gasteiger charge is 2.24. The molecule has 3 N–H and O–H groups in total. The molecule has 7 heteroatoms. The zero-order valence-corrected chi connectivity index (χ0v) is 17.6. The van der Waals surface area contributed by atoms with Gasteiger partial charge in [0, 0.05) is 30.9 Å². The average Bonchev–Trinajstić information content (AvgIpc) is 3.14. The number of carbonyl (C=O) groups excluding carboxylic acids is 1. The molecule has 0 radical (unpaired) electrons. The number of hydrogen-bond donors (Lipinski definition) is 2. The summed E-state index contributed by atoms with van der Waals surface area (Å²) in [6, 6.07) is 6.65. The summed E-state index contributed by atoms with van der Waals surface area (Å²) in [5.41, 5.74) is 12.7. The Bertz CT molecular complexity index is 1050. The normalized spacial score (nSPS) is 14.7. The Morgan fingerprint density at radius 3 is 2.47 bits per heavy atom. The number of pyridine rings is 1. The quantitative estimate of drug-likeness (QED) is 0.684. The van der Waals surface area contributed by atoms with Crippen LogP contribution in [0.1, 0.15) is 40.2 Å². The van der Waals surface area contributed by atoms with Crippen molar-refractivity contribution in [3.8, 4) is 11.1 Å². The number of rotatable bonds is 4. The van der Waals surface area contributed by atoms with E-state index in [1.165, 1.54) is 17.5 Å². The maximum absolute atomic E-state index is 12.8. The summed E-state index contributed by atoms with van der Waals surface area (Å²) in [7, 11) is 0. The van der Waals surface area contributed by atoms with Gasteiger partial charge in [0.25, 0.3) is 5.91 Å². The van der Waals surface area contributed by atoms with Crippen molar-refractivity contribution in [2.75, 3.05) is 23.3 Å². The van der Waals surface area contributed by atoms with Crippen LogP contribution in [-0.2, 0) is 0 Å². The van der Waals surface area contributed by atoms with Crippen molar-refractivity contribution >= 4 is 17.3 Å². The average molecular weight is 406 g/mol. The summed E-state index contributed by atoms with van der Waals surface area (Å²) < 4.78 is 5.27. The number of oxazole rings is 1. The van der Waals surface area contributed by atoms with E-state index in [9.17, 15) is 4.79 Å². The van der Waals surface area contributed by atoms with Gasteiger partial charge in [-0.25, -0.2) is 4.98 Å². The maximum Gasteiger partial charge on any atom is 0.293 e. The predicted molar refractivity (Wildman–Crippen MR) is 118 cm³/mol. The third kappa shape index (κ3) is 4.07. The molecular formula is C23H27N5O2. The second kappa shape index (κ2) is 8.28. The van der Waals surface area contributed by atoms with E-state index in [0.717, 1.165) is 42.7 Å². The fourth-order valence-electron chi connectivity index (χ4n) is 4.05. The first-order valence-corrected chi connectivity index (χ1v) is 10.2. The van der Waals surface area contributed by atoms with Gasteiger partial charge in [0.05, 0.1) is 23.3 Å². The summed E-state index contributed by atoms with van der Waals surface area (Å²) in [6.45, 7) is 7.57. The Morgan fingerprint density at radius 1 is 1.13 bits per heavy atom. The number of amides is 1. The predicted octanol–water partition coefficient (Wildman–Crippen LogP) is 3.84. The Morgan fingerprint density at radius 2 is 1.83 bits per heavy atom. The molecule has 1 aliphatic rings. The molecule has 2 aromatic heterocycles. The van der Waals surface area contributed by atoms with Crippen LogP contribution in [-0.4, -0.2) is 35.0 Å². The molecular weight excluding hydrogens is 378 g/mol. The highest BCUT2D eigenvalue weighted by molar-refractivity contribution is 6.06. The van der Waals surface area contributed by atoms with Crippen LogP contribution >= 0.6 is 0 Å². The molecule has 4 rings (SSSR count). The smallest absolute Gasteiger partial charge is 0.293 e. The van der Waals surface area contributed by atoms with Gasteiger partial charge in [0.1, 0.15) is 0 Å². The van der Waals surface area contributed by atoms with Crippen molar-refractivity contribution < 1.29 is 9.21 Å². The number of nitrogens with one attached hydrogen (secondary N) is 1. The first-order valence-electron chi connectivity index (χ1n) is 10.2. The zero-order chi connectivity index (χ0) is 21.3. The van der Waals surface area contributed by atoms with Crippen LogP contribution in [0.15, 0.2) is 41.4 Å². The molecule has 0 saturated carbocycles. The third-order valence-corrected chi connectivity index (χ3v) is 5.51. The van der Waals surface area contributed by atoms with Crippen molar-refractivity contribution in [2.45, 2.75) is 39.7 Å². The standard InChI is InChI=1S/C23H27N5O2/c1-14-8-15(2)10-17(9-14)19-11-25-12-20(21(19)28-6-4-18(24)5-7-28)27-23(29)22-16(3)26-13-30-22/h8-13,18H,4-7,24H2,1-3H3,(H,27,29). The molecule has 1 amide bonds.